The molecule has 12 atom stereocenters. The van der Waals surface area contributed by atoms with Gasteiger partial charge in [0.05, 0.1) is 49.8 Å². The Morgan fingerprint density at radius 3 is 2.09 bits per heavy atom. The van der Waals surface area contributed by atoms with Crippen molar-refractivity contribution in [3.05, 3.63) is 99.3 Å². The van der Waals surface area contributed by atoms with Gasteiger partial charge in [-0.15, -0.1) is 5.10 Å². The second-order valence-electron chi connectivity index (χ2n) is 19.0. The monoisotopic (exact) mass is 1280 g/mol. The Labute approximate surface area is 478 Å². The molecule has 0 aromatic carbocycles. The number of nitrogens with zero attached hydrogens (tertiary/aromatic N) is 7. The van der Waals surface area contributed by atoms with Gasteiger partial charge < -0.3 is 64.7 Å². The van der Waals surface area contributed by atoms with E-state index in [0.29, 0.717) is 44.3 Å². The van der Waals surface area contributed by atoms with Gasteiger partial charge in [-0.1, -0.05) is 28.9 Å². The molecule has 7 rings (SSSR count). The van der Waals surface area contributed by atoms with Crippen LogP contribution in [0.3, 0.4) is 0 Å². The highest BCUT2D eigenvalue weighted by Crippen LogP contribution is 2.66. The quantitative estimate of drug-likeness (QED) is 0.0182. The summed E-state index contributed by atoms with van der Waals surface area (Å²) in [5, 5.41) is 31.2. The van der Waals surface area contributed by atoms with E-state index in [-0.39, 0.29) is 60.6 Å². The van der Waals surface area contributed by atoms with E-state index in [1.165, 1.54) is 26.4 Å². The van der Waals surface area contributed by atoms with Crippen LogP contribution in [0.4, 0.5) is 5.82 Å². The first-order chi connectivity index (χ1) is 40.0. The standard InChI is InChI=1S/C44H59N11O26P4/c1-25-18-53(43(62)48-40(25)59)38-17-31(32(22-56)76-38)79-83(67,68)74-24-34-30(73-2)16-37(78-34)55-20-27(41(60)49-44(55)63)9-5-3-4-6-11-28-21-52(51-50-28)14-8-12-35(58)46-13-7-10-26-19-54(42(61)47-39(26)45)36-15-29(57)33(77-36)23-75-84(69,70)81-85(71,72)80-82(64,65)66/h18-21,29-34,36-38,56-57H,3-4,6,8,11-17,22-24H2,1-2H3,(H,46,58)(H,67,68)(H,69,70)(H,71,72)(H2,45,47,61)(H,48,59,62)(H,49,60,63)(H2,64,65,66)/t29?,30?,31?,32-,33-,34-,36-,37-,38-/m1/s1. The number of hydrogen-bond donors (Lipinski definition) is 11. The predicted molar refractivity (Wildman–Crippen MR) is 284 cm³/mol. The molecule has 3 aliphatic rings. The van der Waals surface area contributed by atoms with E-state index in [9.17, 15) is 71.9 Å². The number of nitrogen functional groups attached to an aromatic ring is 1. The number of carbonyl (C=O) groups is 1. The second kappa shape index (κ2) is 28.7. The van der Waals surface area contributed by atoms with Gasteiger partial charge in [-0.25, -0.2) is 32.6 Å². The highest BCUT2D eigenvalue weighted by Gasteiger charge is 2.45. The average molecular weight is 1280 g/mol. The molecule has 41 heteroatoms. The number of phosphoric acid groups is 4. The van der Waals surface area contributed by atoms with Crippen LogP contribution in [0.5, 0.6) is 0 Å². The van der Waals surface area contributed by atoms with Crippen molar-refractivity contribution in [1.29, 1.82) is 0 Å². The summed E-state index contributed by atoms with van der Waals surface area (Å²) in [7, 11) is -20.5. The summed E-state index contributed by atoms with van der Waals surface area (Å²) in [6, 6.07) is 0. The smallest absolute Gasteiger partial charge is 0.394 e. The molecule has 6 unspecified atom stereocenters. The summed E-state index contributed by atoms with van der Waals surface area (Å²) in [5.41, 5.74) is 2.88. The van der Waals surface area contributed by atoms with Crippen molar-refractivity contribution in [3.8, 4) is 23.7 Å². The van der Waals surface area contributed by atoms with Crippen molar-refractivity contribution in [2.75, 3.05) is 39.2 Å². The van der Waals surface area contributed by atoms with Gasteiger partial charge in [-0.3, -0.25) is 56.3 Å². The van der Waals surface area contributed by atoms with Gasteiger partial charge in [0.25, 0.3) is 11.1 Å². The molecule has 0 spiro atoms. The molecule has 3 saturated heterocycles. The first-order valence-electron chi connectivity index (χ1n) is 25.4. The summed E-state index contributed by atoms with van der Waals surface area (Å²) < 4.78 is 97.4. The molecule has 4 aromatic rings. The number of aliphatic hydroxyl groups excluding tert-OH is 2. The molecule has 4 aromatic heterocycles. The summed E-state index contributed by atoms with van der Waals surface area (Å²) in [6.45, 7) is -0.478. The fourth-order valence-electron chi connectivity index (χ4n) is 8.68. The molecule has 0 saturated carbocycles. The Kier molecular flexibility index (Phi) is 22.5. The normalized spacial score (nSPS) is 24.4. The van der Waals surface area contributed by atoms with Crippen molar-refractivity contribution < 1.29 is 98.9 Å². The third-order valence-electron chi connectivity index (χ3n) is 12.7. The van der Waals surface area contributed by atoms with E-state index in [1.807, 2.05) is 0 Å². The average Bonchev–Trinajstić information content (AvgIpc) is 4.20. The van der Waals surface area contributed by atoms with Crippen molar-refractivity contribution in [1.82, 2.24) is 49.0 Å². The maximum Gasteiger partial charge on any atom is 0.490 e. The number of hydrogen-bond acceptors (Lipinski definition) is 25. The molecule has 0 radical (unpaired) electrons. The van der Waals surface area contributed by atoms with E-state index in [4.69, 9.17) is 43.5 Å². The van der Waals surface area contributed by atoms with Crippen LogP contribution in [0.1, 0.15) is 92.4 Å². The number of phosphoric ester groups is 2. The lowest BCUT2D eigenvalue weighted by molar-refractivity contribution is -0.121. The van der Waals surface area contributed by atoms with Crippen LogP contribution in [0, 0.1) is 30.6 Å². The molecular formula is C44H59N11O26P4. The minimum Gasteiger partial charge on any atom is -0.394 e. The molecule has 12 N–H and O–H groups in total. The van der Waals surface area contributed by atoms with Crippen molar-refractivity contribution in [2.24, 2.45) is 0 Å². The van der Waals surface area contributed by atoms with Crippen LogP contribution < -0.4 is 39.2 Å². The van der Waals surface area contributed by atoms with Gasteiger partial charge in [0, 0.05) is 76.1 Å². The number of aromatic nitrogens is 9. The summed E-state index contributed by atoms with van der Waals surface area (Å²) >= 11 is 0. The minimum atomic E-state index is -5.80. The zero-order valence-corrected chi connectivity index (χ0v) is 48.4. The zero-order valence-electron chi connectivity index (χ0n) is 44.8. The highest BCUT2D eigenvalue weighted by atomic mass is 31.3. The molecule has 85 heavy (non-hydrogen) atoms. The van der Waals surface area contributed by atoms with Crippen LogP contribution in [0.2, 0.25) is 0 Å². The van der Waals surface area contributed by atoms with Crippen LogP contribution in [-0.4, -0.2) is 154 Å². The third kappa shape index (κ3) is 19.0. The van der Waals surface area contributed by atoms with Crippen molar-refractivity contribution >= 4 is 43.0 Å². The number of aryl methyl sites for hydroxylation is 3. The molecule has 1 amide bonds. The molecule has 0 aliphatic carbocycles. The highest BCUT2D eigenvalue weighted by molar-refractivity contribution is 7.66. The van der Waals surface area contributed by atoms with Gasteiger partial charge in [0.1, 0.15) is 54.5 Å². The fraction of sp³-hybridized carbons (Fsp3) is 0.568. The van der Waals surface area contributed by atoms with E-state index in [2.05, 4.69) is 67.4 Å². The number of methoxy groups -OCH3 is 1. The van der Waals surface area contributed by atoms with Crippen LogP contribution >= 0.6 is 31.3 Å². The van der Waals surface area contributed by atoms with Gasteiger partial charge in [0.15, 0.2) is 0 Å². The van der Waals surface area contributed by atoms with Gasteiger partial charge in [0.2, 0.25) is 5.91 Å². The van der Waals surface area contributed by atoms with Gasteiger partial charge >= 0.3 is 48.4 Å². The first-order valence-corrected chi connectivity index (χ1v) is 31.4. The molecule has 466 valence electrons. The Balaban J connectivity index is 0.803. The number of carbonyl (C=O) groups excluding carboxylic acids is 1. The zero-order chi connectivity index (χ0) is 62.0. The molecule has 3 fully saturated rings. The maximum absolute atomic E-state index is 13.1. The second-order valence-corrected chi connectivity index (χ2v) is 24.8. The Bertz CT molecular complexity index is 3710. The molecule has 0 bridgehead atoms. The predicted octanol–water partition coefficient (Wildman–Crippen LogP) is -2.09. The summed E-state index contributed by atoms with van der Waals surface area (Å²) in [6.07, 6.45) is -2.66. The van der Waals surface area contributed by atoms with E-state index in [1.54, 1.807) is 10.9 Å². The molecular weight excluding hydrogens is 1220 g/mol. The summed E-state index contributed by atoms with van der Waals surface area (Å²) in [5.74, 6) is 10.4. The molecule has 7 heterocycles. The van der Waals surface area contributed by atoms with E-state index < -0.39 is 135 Å². The number of unbranched alkanes of at least 4 members (excludes halogenated alkanes) is 2. The van der Waals surface area contributed by atoms with Crippen LogP contribution in [0.15, 0.2) is 48.8 Å². The lowest BCUT2D eigenvalue weighted by atomic mass is 10.1. The number of nitrogens with one attached hydrogen (secondary N) is 3. The topological polar surface area (TPSA) is 523 Å². The SMILES string of the molecule is COC1C[C@H](n2cc(C#CCCCCc3cn(CCCC(=O)NCC#Cc4cn([C@H]5CC(O)[C@@H](COP(=O)(O)OP(=O)(O)OP(=O)(O)O)O5)c(=O)nc4N)nn3)c(=O)[nH]c2=O)O[C@@H]1COP(=O)(O)OC1C[C@H](n2cc(C)c(=O)[nH]c2=O)O[C@@H]1CO. The maximum atomic E-state index is 13.1. The number of H-pyrrole nitrogens is 2. The number of nitrogens with two attached hydrogens (primary N) is 1. The lowest BCUT2D eigenvalue weighted by Gasteiger charge is -2.22. The molecule has 37 nitrogen and oxygen atoms in total. The summed E-state index contributed by atoms with van der Waals surface area (Å²) in [4.78, 5) is 130. The number of aromatic amines is 2. The first kappa shape index (κ1) is 66.6. The Morgan fingerprint density at radius 2 is 1.39 bits per heavy atom. The fourth-order valence-corrected chi connectivity index (χ4v) is 12.7. The number of rotatable bonds is 26. The number of anilines is 1. The molecule has 3 aliphatic heterocycles. The van der Waals surface area contributed by atoms with Gasteiger partial charge in [-0.05, 0) is 32.6 Å². The van der Waals surface area contributed by atoms with Crippen LogP contribution in [0.25, 0.3) is 0 Å². The van der Waals surface area contributed by atoms with Crippen molar-refractivity contribution in [3.63, 3.8) is 0 Å². The lowest BCUT2D eigenvalue weighted by Crippen LogP contribution is -2.33. The largest absolute Gasteiger partial charge is 0.490 e. The number of amides is 1. The van der Waals surface area contributed by atoms with Crippen molar-refractivity contribution in [2.45, 2.75) is 127 Å². The Hall–Kier alpha value is -5.95. The van der Waals surface area contributed by atoms with Gasteiger partial charge in [-0.2, -0.15) is 13.6 Å². The van der Waals surface area contributed by atoms with E-state index >= 15 is 0 Å². The van der Waals surface area contributed by atoms with E-state index in [0.717, 1.165) is 19.9 Å². The minimum absolute atomic E-state index is 0.0266. The van der Waals surface area contributed by atoms with Crippen LogP contribution in [-0.2, 0) is 77.2 Å². The number of ether oxygens (including phenoxy) is 4. The Morgan fingerprint density at radius 1 is 0.765 bits per heavy atom. The number of aliphatic hydroxyl groups is 2. The third-order valence-corrected chi connectivity index (χ3v) is 17.6.